The Hall–Kier alpha value is -5.22. The predicted octanol–water partition coefficient (Wildman–Crippen LogP) is 7.80. The molecule has 0 amide bonds. The fraction of sp³-hybridized carbons (Fsp3) is 0.0500. The van der Waals surface area contributed by atoms with E-state index in [2.05, 4.69) is 89.9 Å². The number of hydrogen-bond donors (Lipinski definition) is 0. The summed E-state index contributed by atoms with van der Waals surface area (Å²) in [4.78, 5) is 9.25. The van der Waals surface area contributed by atoms with Crippen molar-refractivity contribution in [2.75, 3.05) is 0 Å². The molecule has 214 valence electrons. The van der Waals surface area contributed by atoms with E-state index in [1.807, 2.05) is 65.4 Å². The molecule has 0 saturated heterocycles. The van der Waals surface area contributed by atoms with Crippen LogP contribution in [-0.4, -0.2) is 53.8 Å². The second-order valence-electron chi connectivity index (χ2n) is 12.2. The minimum Gasteiger partial charge on any atom is -0.297 e. The molecule has 0 unspecified atom stereocenters. The average Bonchev–Trinajstić information content (AvgIpc) is 3.51. The van der Waals surface area contributed by atoms with E-state index in [1.54, 1.807) is 0 Å². The van der Waals surface area contributed by atoms with Gasteiger partial charge in [-0.25, -0.2) is 4.98 Å². The minimum atomic E-state index is -1.93. The maximum absolute atomic E-state index is 6.48. The number of rotatable bonds is 6. The summed E-state index contributed by atoms with van der Waals surface area (Å²) in [5, 5.41) is 0.898. The molecule has 0 fully saturated rings. The molecule has 10 radical (unpaired) electrons. The van der Waals surface area contributed by atoms with E-state index in [0.29, 0.717) is 5.52 Å². The Kier molecular flexibility index (Phi) is 7.21. The second-order valence-corrected chi connectivity index (χ2v) is 12.2. The van der Waals surface area contributed by atoms with E-state index in [4.69, 9.17) is 44.2 Å². The van der Waals surface area contributed by atoms with Gasteiger partial charge in [0, 0.05) is 17.4 Å². The van der Waals surface area contributed by atoms with E-state index in [1.165, 1.54) is 16.3 Å². The molecule has 8 rings (SSSR count). The summed E-state index contributed by atoms with van der Waals surface area (Å²) in [6.45, 7) is 0. The summed E-state index contributed by atoms with van der Waals surface area (Å²) >= 11 is 0. The molecule has 0 spiro atoms. The Morgan fingerprint density at radius 1 is 0.479 bits per heavy atom. The van der Waals surface area contributed by atoms with Gasteiger partial charge < -0.3 is 0 Å². The quantitative estimate of drug-likeness (QED) is 0.144. The molecule has 2 aromatic heterocycles. The lowest BCUT2D eigenvalue weighted by Gasteiger charge is -2.41. The molecule has 0 atom stereocenters. The third-order valence-electron chi connectivity index (χ3n) is 9.13. The normalized spacial score (nSPS) is 12.2. The molecule has 0 aliphatic rings. The Bertz CT molecular complexity index is 2390. The Morgan fingerprint density at radius 3 is 1.48 bits per heavy atom. The summed E-state index contributed by atoms with van der Waals surface area (Å²) in [6, 6.07) is 47.7. The molecule has 0 N–H and O–H groups in total. The van der Waals surface area contributed by atoms with Crippen LogP contribution in [0.5, 0.6) is 0 Å². The Labute approximate surface area is 286 Å². The average molecular weight is 601 g/mol. The van der Waals surface area contributed by atoms with Gasteiger partial charge in [0.15, 0.2) is 0 Å². The van der Waals surface area contributed by atoms with Crippen LogP contribution in [0.25, 0.3) is 71.8 Å². The van der Waals surface area contributed by atoms with Crippen molar-refractivity contribution < 1.29 is 0 Å². The van der Waals surface area contributed by atoms with Crippen LogP contribution < -0.4 is 0 Å². The van der Waals surface area contributed by atoms with Crippen molar-refractivity contribution in [3.05, 3.63) is 152 Å². The number of benzene rings is 6. The zero-order chi connectivity index (χ0) is 33.0. The SMILES string of the molecule is [B]C([B])([B])C([B])([B])c1nc2ccccc2n1-c1ccc(-c2c3ccccc3c(-c3ccc(-c4ccccn4)cc3)c3ccccc23)cc1. The van der Waals surface area contributed by atoms with Crippen LogP contribution in [0.15, 0.2) is 146 Å². The number of fused-ring (bicyclic) bond motifs is 3. The van der Waals surface area contributed by atoms with Gasteiger partial charge >= 0.3 is 0 Å². The van der Waals surface area contributed by atoms with Gasteiger partial charge in [-0.05, 0) is 80.2 Å². The fourth-order valence-electron chi connectivity index (χ4n) is 6.63. The third kappa shape index (κ3) is 4.90. The van der Waals surface area contributed by atoms with E-state index in [0.717, 1.165) is 49.9 Å². The van der Waals surface area contributed by atoms with Crippen molar-refractivity contribution >= 4 is 71.8 Å². The molecule has 0 saturated carbocycles. The topological polar surface area (TPSA) is 30.7 Å². The maximum Gasteiger partial charge on any atom is 0.101 e. The van der Waals surface area contributed by atoms with Gasteiger partial charge in [0.05, 0.1) is 56.0 Å². The van der Waals surface area contributed by atoms with Crippen LogP contribution in [0.2, 0.25) is 5.11 Å². The first kappa shape index (κ1) is 30.1. The van der Waals surface area contributed by atoms with Crippen molar-refractivity contribution in [3.8, 4) is 39.2 Å². The van der Waals surface area contributed by atoms with Crippen LogP contribution in [0.3, 0.4) is 0 Å². The maximum atomic E-state index is 6.48. The van der Waals surface area contributed by atoms with Gasteiger partial charge in [-0.2, -0.15) is 0 Å². The predicted molar refractivity (Wildman–Crippen MR) is 203 cm³/mol. The lowest BCUT2D eigenvalue weighted by molar-refractivity contribution is 0.757. The minimum absolute atomic E-state index is 0.262. The monoisotopic (exact) mass is 601 g/mol. The highest BCUT2D eigenvalue weighted by Gasteiger charge is 2.36. The number of nitrogens with zero attached hydrogens (tertiary/aromatic N) is 3. The van der Waals surface area contributed by atoms with Gasteiger partial charge in [-0.3, -0.25) is 9.55 Å². The molecular formula is C40H24B5N3. The van der Waals surface area contributed by atoms with Crippen LogP contribution >= 0.6 is 0 Å². The highest BCUT2D eigenvalue weighted by molar-refractivity contribution is 6.67. The van der Waals surface area contributed by atoms with Gasteiger partial charge in [-0.1, -0.05) is 108 Å². The summed E-state index contributed by atoms with van der Waals surface area (Å²) in [5.41, 5.74) is 8.87. The first-order valence-corrected chi connectivity index (χ1v) is 15.7. The molecule has 6 aromatic carbocycles. The molecule has 3 nitrogen and oxygen atoms in total. The Balaban J connectivity index is 1.30. The second kappa shape index (κ2) is 11.5. The molecule has 8 aromatic rings. The zero-order valence-electron chi connectivity index (χ0n) is 26.1. The number of imidazole rings is 1. The largest absolute Gasteiger partial charge is 0.297 e. The van der Waals surface area contributed by atoms with E-state index < -0.39 is 10.3 Å². The van der Waals surface area contributed by atoms with Gasteiger partial charge in [0.1, 0.15) is 5.82 Å². The smallest absolute Gasteiger partial charge is 0.101 e. The third-order valence-corrected chi connectivity index (χ3v) is 9.13. The number of hydrogen-bond acceptors (Lipinski definition) is 2. The van der Waals surface area contributed by atoms with Crippen molar-refractivity contribution in [2.24, 2.45) is 0 Å². The van der Waals surface area contributed by atoms with Crippen LogP contribution in [0.4, 0.5) is 0 Å². The lowest BCUT2D eigenvalue weighted by atomic mass is 9.23. The van der Waals surface area contributed by atoms with Crippen molar-refractivity contribution in [3.63, 3.8) is 0 Å². The molecule has 2 heterocycles. The van der Waals surface area contributed by atoms with Crippen molar-refractivity contribution in [1.29, 1.82) is 0 Å². The zero-order valence-corrected chi connectivity index (χ0v) is 26.1. The number of aromatic nitrogens is 3. The summed E-state index contributed by atoms with van der Waals surface area (Å²) in [6.07, 6.45) is 1.82. The van der Waals surface area contributed by atoms with Crippen LogP contribution in [0, 0.1) is 0 Å². The van der Waals surface area contributed by atoms with Crippen molar-refractivity contribution in [2.45, 2.75) is 10.3 Å². The summed E-state index contributed by atoms with van der Waals surface area (Å²) in [5.74, 6) is 0.262. The van der Waals surface area contributed by atoms with Gasteiger partial charge in [0.2, 0.25) is 0 Å². The van der Waals surface area contributed by atoms with Gasteiger partial charge in [0.25, 0.3) is 0 Å². The molecule has 0 bridgehead atoms. The molecule has 0 aliphatic heterocycles. The molecule has 8 heteroatoms. The Morgan fingerprint density at radius 2 is 0.958 bits per heavy atom. The lowest BCUT2D eigenvalue weighted by Crippen LogP contribution is -2.45. The molecular weight excluding hydrogens is 577 g/mol. The first-order chi connectivity index (χ1) is 23.2. The number of para-hydroxylation sites is 2. The summed E-state index contributed by atoms with van der Waals surface area (Å²) < 4.78 is 1.87. The van der Waals surface area contributed by atoms with E-state index in [-0.39, 0.29) is 5.82 Å². The van der Waals surface area contributed by atoms with Gasteiger partial charge in [-0.15, -0.1) is 5.11 Å². The van der Waals surface area contributed by atoms with E-state index >= 15 is 0 Å². The highest BCUT2D eigenvalue weighted by atomic mass is 15.1. The van der Waals surface area contributed by atoms with Crippen LogP contribution in [-0.2, 0) is 5.21 Å². The van der Waals surface area contributed by atoms with E-state index in [9.17, 15) is 0 Å². The molecule has 48 heavy (non-hydrogen) atoms. The number of pyridine rings is 1. The van der Waals surface area contributed by atoms with Crippen LogP contribution in [0.1, 0.15) is 5.82 Å². The highest BCUT2D eigenvalue weighted by Crippen LogP contribution is 2.44. The standard InChI is InChI=1S/C40H24B5N3/c41-39(42,40(43,44)45)38-47-34-14-5-6-15-35(34)48(38)28-22-20-27(21-23-28)37-31-11-3-1-9-29(31)36(30-10-2-4-12-32(30)37)26-18-16-25(17-19-26)33-13-7-8-24-46-33/h1-24H. The van der Waals surface area contributed by atoms with Crippen molar-refractivity contribution in [1.82, 2.24) is 14.5 Å². The first-order valence-electron chi connectivity index (χ1n) is 15.7. The summed E-state index contributed by atoms with van der Waals surface area (Å²) in [7, 11) is 31.1. The molecule has 0 aliphatic carbocycles. The fourth-order valence-corrected chi connectivity index (χ4v) is 6.63.